The summed E-state index contributed by atoms with van der Waals surface area (Å²) in [6.07, 6.45) is 0. The van der Waals surface area contributed by atoms with E-state index in [-0.39, 0.29) is 21.7 Å². The van der Waals surface area contributed by atoms with E-state index in [1.54, 1.807) is 31.2 Å². The summed E-state index contributed by atoms with van der Waals surface area (Å²) < 4.78 is 44.2. The van der Waals surface area contributed by atoms with Crippen molar-refractivity contribution >= 4 is 33.3 Å². The van der Waals surface area contributed by atoms with Crippen molar-refractivity contribution in [1.82, 2.24) is 0 Å². The van der Waals surface area contributed by atoms with E-state index >= 15 is 0 Å². The summed E-state index contributed by atoms with van der Waals surface area (Å²) >= 11 is 0. The van der Waals surface area contributed by atoms with E-state index < -0.39 is 21.9 Å². The van der Waals surface area contributed by atoms with Gasteiger partial charge in [0.1, 0.15) is 13.2 Å². The maximum atomic E-state index is 13.1. The van der Waals surface area contributed by atoms with Gasteiger partial charge in [-0.2, -0.15) is 0 Å². The molecule has 1 aliphatic rings. The lowest BCUT2D eigenvalue weighted by Crippen LogP contribution is -2.20. The van der Waals surface area contributed by atoms with Crippen molar-refractivity contribution < 1.29 is 32.2 Å². The second-order valence-electron chi connectivity index (χ2n) is 7.43. The number of hydrogen-bond donors (Lipinski definition) is 2. The Bertz CT molecular complexity index is 1370. The first-order valence-electron chi connectivity index (χ1n) is 10.3. The molecule has 0 aromatic heterocycles. The topological polar surface area (TPSA) is 120 Å². The molecule has 0 atom stereocenters. The number of esters is 1. The Morgan fingerprint density at radius 1 is 0.912 bits per heavy atom. The van der Waals surface area contributed by atoms with Crippen LogP contribution in [0.15, 0.2) is 65.6 Å². The van der Waals surface area contributed by atoms with E-state index in [0.29, 0.717) is 30.4 Å². The summed E-state index contributed by atoms with van der Waals surface area (Å²) in [5.74, 6) is -0.288. The van der Waals surface area contributed by atoms with Gasteiger partial charge in [0.05, 0.1) is 28.8 Å². The van der Waals surface area contributed by atoms with Crippen LogP contribution in [0.1, 0.15) is 26.3 Å². The fourth-order valence-corrected chi connectivity index (χ4v) is 4.45. The number of nitrogens with one attached hydrogen (secondary N) is 2. The lowest BCUT2D eigenvalue weighted by Gasteiger charge is -2.19. The summed E-state index contributed by atoms with van der Waals surface area (Å²) in [4.78, 5) is 24.9. The average Bonchev–Trinajstić information content (AvgIpc) is 2.84. The number of benzene rings is 3. The van der Waals surface area contributed by atoms with Crippen molar-refractivity contribution in [2.24, 2.45) is 0 Å². The maximum Gasteiger partial charge on any atom is 0.337 e. The Morgan fingerprint density at radius 3 is 2.41 bits per heavy atom. The highest BCUT2D eigenvalue weighted by molar-refractivity contribution is 7.92. The molecule has 0 saturated carbocycles. The Morgan fingerprint density at radius 2 is 1.65 bits per heavy atom. The van der Waals surface area contributed by atoms with Gasteiger partial charge in [0.2, 0.25) is 0 Å². The normalized spacial score (nSPS) is 12.5. The van der Waals surface area contributed by atoms with Crippen LogP contribution in [0.4, 0.5) is 11.4 Å². The minimum Gasteiger partial charge on any atom is -0.486 e. The van der Waals surface area contributed by atoms with Crippen LogP contribution in [0.2, 0.25) is 0 Å². The fraction of sp³-hybridized carbons (Fsp3) is 0.167. The molecule has 1 amide bonds. The van der Waals surface area contributed by atoms with Crippen molar-refractivity contribution in [2.45, 2.75) is 11.8 Å². The van der Waals surface area contributed by atoms with Gasteiger partial charge < -0.3 is 19.5 Å². The van der Waals surface area contributed by atoms with Gasteiger partial charge in [0.15, 0.2) is 11.5 Å². The lowest BCUT2D eigenvalue weighted by atomic mass is 10.1. The first-order chi connectivity index (χ1) is 16.3. The van der Waals surface area contributed by atoms with Crippen LogP contribution in [0.5, 0.6) is 11.5 Å². The average molecular weight is 483 g/mol. The number of anilines is 2. The summed E-state index contributed by atoms with van der Waals surface area (Å²) in [6, 6.07) is 15.3. The molecule has 1 aliphatic heterocycles. The van der Waals surface area contributed by atoms with Gasteiger partial charge in [0, 0.05) is 11.8 Å². The molecule has 3 aromatic rings. The second kappa shape index (κ2) is 9.44. The molecule has 0 unspecified atom stereocenters. The van der Waals surface area contributed by atoms with E-state index in [9.17, 15) is 18.0 Å². The number of methoxy groups -OCH3 is 1. The second-order valence-corrected chi connectivity index (χ2v) is 9.11. The molecule has 34 heavy (non-hydrogen) atoms. The van der Waals surface area contributed by atoms with Gasteiger partial charge in [0.25, 0.3) is 15.9 Å². The zero-order valence-corrected chi connectivity index (χ0v) is 19.3. The maximum absolute atomic E-state index is 13.1. The van der Waals surface area contributed by atoms with Crippen LogP contribution < -0.4 is 19.5 Å². The van der Waals surface area contributed by atoms with Gasteiger partial charge in [-0.15, -0.1) is 0 Å². The molecule has 0 fully saturated rings. The first kappa shape index (κ1) is 23.1. The molecule has 3 aromatic carbocycles. The van der Waals surface area contributed by atoms with Gasteiger partial charge in [-0.3, -0.25) is 9.52 Å². The highest BCUT2D eigenvalue weighted by atomic mass is 32.2. The third-order valence-corrected chi connectivity index (χ3v) is 6.51. The molecule has 4 rings (SSSR count). The van der Waals surface area contributed by atoms with E-state index in [1.165, 1.54) is 43.5 Å². The molecule has 176 valence electrons. The predicted octanol–water partition coefficient (Wildman–Crippen LogP) is 3.61. The number of hydrogen-bond acceptors (Lipinski definition) is 7. The number of carbonyl (C=O) groups excluding carboxylic acids is 2. The molecular weight excluding hydrogens is 460 g/mol. The van der Waals surface area contributed by atoms with Gasteiger partial charge in [-0.1, -0.05) is 18.2 Å². The van der Waals surface area contributed by atoms with Gasteiger partial charge in [-0.25, -0.2) is 13.2 Å². The quantitative estimate of drug-likeness (QED) is 0.515. The minimum atomic E-state index is -4.03. The van der Waals surface area contributed by atoms with Crippen molar-refractivity contribution in [1.29, 1.82) is 0 Å². The fourth-order valence-electron chi connectivity index (χ4n) is 3.36. The van der Waals surface area contributed by atoms with E-state index in [1.807, 2.05) is 0 Å². The van der Waals surface area contributed by atoms with Crippen molar-refractivity contribution in [3.63, 3.8) is 0 Å². The zero-order chi connectivity index (χ0) is 24.3. The lowest BCUT2D eigenvalue weighted by molar-refractivity contribution is 0.0600. The minimum absolute atomic E-state index is 0.0337. The van der Waals surface area contributed by atoms with Crippen LogP contribution in [-0.2, 0) is 14.8 Å². The van der Waals surface area contributed by atoms with Crippen molar-refractivity contribution in [3.05, 3.63) is 77.4 Å². The third-order valence-electron chi connectivity index (χ3n) is 5.15. The number of para-hydroxylation sites is 1. The Hall–Kier alpha value is -4.05. The first-order valence-corrected chi connectivity index (χ1v) is 11.8. The molecule has 0 saturated heterocycles. The Labute approximate surface area is 196 Å². The molecule has 10 heteroatoms. The largest absolute Gasteiger partial charge is 0.486 e. The standard InChI is InChI=1S/C24H22N2O7S/c1-15-7-8-16(24(28)31-2)13-20(15)25-23(27)18-5-3-4-6-19(18)26-34(29,30)17-9-10-21-22(14-17)33-12-11-32-21/h3-10,13-14,26H,11-12H2,1-2H3,(H,25,27). The SMILES string of the molecule is COC(=O)c1ccc(C)c(NC(=O)c2ccccc2NS(=O)(=O)c2ccc3c(c2)OCCO3)c1. The van der Waals surface area contributed by atoms with E-state index in [4.69, 9.17) is 14.2 Å². The van der Waals surface area contributed by atoms with Crippen LogP contribution in [-0.4, -0.2) is 40.6 Å². The number of aryl methyl sites for hydroxylation is 1. The van der Waals surface area contributed by atoms with E-state index in [0.717, 1.165) is 5.56 Å². The number of amides is 1. The summed E-state index contributed by atoms with van der Waals surface area (Å²) in [5.41, 5.74) is 1.59. The third kappa shape index (κ3) is 4.81. The summed E-state index contributed by atoms with van der Waals surface area (Å²) in [6.45, 7) is 2.48. The molecule has 0 spiro atoms. The highest BCUT2D eigenvalue weighted by Gasteiger charge is 2.22. The van der Waals surface area contributed by atoms with Crippen LogP contribution >= 0.6 is 0 Å². The molecule has 1 heterocycles. The Kier molecular flexibility index (Phi) is 6.42. The number of rotatable bonds is 6. The number of fused-ring (bicyclic) bond motifs is 1. The summed E-state index contributed by atoms with van der Waals surface area (Å²) in [7, 11) is -2.76. The van der Waals surface area contributed by atoms with Crippen LogP contribution in [0, 0.1) is 6.92 Å². The van der Waals surface area contributed by atoms with E-state index in [2.05, 4.69) is 10.0 Å². The van der Waals surface area contributed by atoms with Crippen LogP contribution in [0.3, 0.4) is 0 Å². The smallest absolute Gasteiger partial charge is 0.337 e. The van der Waals surface area contributed by atoms with Crippen molar-refractivity contribution in [3.8, 4) is 11.5 Å². The summed E-state index contributed by atoms with van der Waals surface area (Å²) in [5, 5.41) is 2.73. The van der Waals surface area contributed by atoms with Crippen LogP contribution in [0.25, 0.3) is 0 Å². The molecule has 2 N–H and O–H groups in total. The highest BCUT2D eigenvalue weighted by Crippen LogP contribution is 2.33. The van der Waals surface area contributed by atoms with Gasteiger partial charge >= 0.3 is 5.97 Å². The molecular formula is C24H22N2O7S. The predicted molar refractivity (Wildman–Crippen MR) is 125 cm³/mol. The van der Waals surface area contributed by atoms with Crippen molar-refractivity contribution in [2.75, 3.05) is 30.4 Å². The Balaban J connectivity index is 1.60. The molecule has 0 radical (unpaired) electrons. The molecule has 9 nitrogen and oxygen atoms in total. The number of ether oxygens (including phenoxy) is 3. The molecule has 0 bridgehead atoms. The number of carbonyl (C=O) groups is 2. The van der Waals surface area contributed by atoms with Gasteiger partial charge in [-0.05, 0) is 48.9 Å². The number of sulfonamides is 1. The zero-order valence-electron chi connectivity index (χ0n) is 18.5. The monoisotopic (exact) mass is 482 g/mol. The molecule has 0 aliphatic carbocycles.